The van der Waals surface area contributed by atoms with E-state index in [0.717, 1.165) is 16.8 Å². The zero-order valence-corrected chi connectivity index (χ0v) is 8.94. The van der Waals surface area contributed by atoms with Crippen LogP contribution in [0.2, 0.25) is 0 Å². The molecule has 3 N–H and O–H groups in total. The summed E-state index contributed by atoms with van der Waals surface area (Å²) in [7, 11) is 4.99. The Bertz CT molecular complexity index is 91.0. The smallest absolute Gasteiger partial charge is 0.0744 e. The van der Waals surface area contributed by atoms with Crippen molar-refractivity contribution in [1.29, 1.82) is 0 Å². The fourth-order valence-corrected chi connectivity index (χ4v) is 0.888. The second kappa shape index (κ2) is 6.79. The Labute approximate surface area is 65.7 Å². The lowest BCUT2D eigenvalue weighted by molar-refractivity contribution is 0.481. The lowest BCUT2D eigenvalue weighted by atomic mass is 10.5. The van der Waals surface area contributed by atoms with Crippen LogP contribution in [0, 0.1) is 0 Å². The lowest BCUT2D eigenvalue weighted by Crippen LogP contribution is -2.44. The first kappa shape index (κ1) is 9.68. The van der Waals surface area contributed by atoms with Gasteiger partial charge in [-0.15, -0.1) is 0 Å². The van der Waals surface area contributed by atoms with Crippen molar-refractivity contribution in [3.8, 4) is 0 Å². The van der Waals surface area contributed by atoms with Crippen LogP contribution >= 0.6 is 0 Å². The summed E-state index contributed by atoms with van der Waals surface area (Å²) in [4.78, 5) is 0. The molecule has 0 radical (unpaired) electrons. The molecular formula is C6H17N3Si. The third kappa shape index (κ3) is 4.55. The van der Waals surface area contributed by atoms with E-state index in [1.165, 1.54) is 0 Å². The maximum atomic E-state index is 3.17. The molecule has 0 fully saturated rings. The van der Waals surface area contributed by atoms with Gasteiger partial charge < -0.3 is 16.0 Å². The van der Waals surface area contributed by atoms with Crippen molar-refractivity contribution in [2.24, 2.45) is 0 Å². The van der Waals surface area contributed by atoms with E-state index >= 15 is 0 Å². The van der Waals surface area contributed by atoms with Crippen LogP contribution in [0.1, 0.15) is 0 Å². The fraction of sp³-hybridized carbons (Fsp3) is 0.667. The molecule has 0 spiro atoms. The zero-order valence-electron chi connectivity index (χ0n) is 6.94. The van der Waals surface area contributed by atoms with Crippen molar-refractivity contribution in [3.05, 3.63) is 11.9 Å². The molecular weight excluding hydrogens is 142 g/mol. The summed E-state index contributed by atoms with van der Waals surface area (Å²) in [5.41, 5.74) is 2.11. The number of rotatable bonds is 5. The summed E-state index contributed by atoms with van der Waals surface area (Å²) in [5.74, 6) is 0. The summed E-state index contributed by atoms with van der Waals surface area (Å²) in [6.45, 7) is 0.922. The van der Waals surface area contributed by atoms with Crippen LogP contribution in [-0.4, -0.2) is 37.0 Å². The number of nitrogens with one attached hydrogen (secondary N) is 3. The summed E-state index contributed by atoms with van der Waals surface area (Å²) in [6, 6.07) is 0. The van der Waals surface area contributed by atoms with Gasteiger partial charge in [0.25, 0.3) is 0 Å². The minimum absolute atomic E-state index is 0.359. The first-order valence-corrected chi connectivity index (χ1v) is 4.69. The highest BCUT2D eigenvalue weighted by Gasteiger charge is 1.96. The van der Waals surface area contributed by atoms with Gasteiger partial charge in [0.1, 0.15) is 0 Å². The zero-order chi connectivity index (χ0) is 7.82. The fourth-order valence-electron chi connectivity index (χ4n) is 0.652. The standard InChI is InChI=1S/C6H17N3Si/c1-7-6(8-2)5-9-3-4-10/h3-4,6-9H,5H2,1-2,10H3. The Hall–Kier alpha value is -0.323. The van der Waals surface area contributed by atoms with Crippen molar-refractivity contribution in [1.82, 2.24) is 16.0 Å². The van der Waals surface area contributed by atoms with Gasteiger partial charge in [0.05, 0.1) is 6.17 Å². The Morgan fingerprint density at radius 2 is 2.00 bits per heavy atom. The summed E-state index contributed by atoms with van der Waals surface area (Å²) < 4.78 is 0. The van der Waals surface area contributed by atoms with Crippen LogP contribution in [0.3, 0.4) is 0 Å². The normalized spacial score (nSPS) is 11.5. The van der Waals surface area contributed by atoms with Crippen LogP contribution in [-0.2, 0) is 0 Å². The minimum Gasteiger partial charge on any atom is -0.389 e. The second-order valence-corrected chi connectivity index (χ2v) is 2.70. The first-order valence-electron chi connectivity index (χ1n) is 3.54. The maximum absolute atomic E-state index is 3.17. The van der Waals surface area contributed by atoms with Crippen LogP contribution < -0.4 is 16.0 Å². The molecule has 0 aromatic carbocycles. The van der Waals surface area contributed by atoms with E-state index in [9.17, 15) is 0 Å². The molecule has 0 saturated carbocycles. The van der Waals surface area contributed by atoms with E-state index in [0.29, 0.717) is 6.17 Å². The second-order valence-electron chi connectivity index (χ2n) is 2.04. The monoisotopic (exact) mass is 159 g/mol. The Morgan fingerprint density at radius 3 is 2.40 bits per heavy atom. The molecule has 0 aliphatic heterocycles. The third-order valence-electron chi connectivity index (χ3n) is 1.30. The van der Waals surface area contributed by atoms with Gasteiger partial charge in [-0.3, -0.25) is 0 Å². The maximum Gasteiger partial charge on any atom is 0.0744 e. The van der Waals surface area contributed by atoms with Gasteiger partial charge in [-0.2, -0.15) is 0 Å². The molecule has 0 aromatic rings. The van der Waals surface area contributed by atoms with Gasteiger partial charge in [-0.25, -0.2) is 0 Å². The van der Waals surface area contributed by atoms with E-state index in [1.54, 1.807) is 0 Å². The molecule has 10 heavy (non-hydrogen) atoms. The van der Waals surface area contributed by atoms with Gasteiger partial charge in [-0.1, -0.05) is 5.70 Å². The molecule has 0 atom stereocenters. The molecule has 0 aliphatic carbocycles. The average molecular weight is 159 g/mol. The van der Waals surface area contributed by atoms with Crippen molar-refractivity contribution in [2.45, 2.75) is 6.17 Å². The predicted octanol–water partition coefficient (Wildman–Crippen LogP) is -1.82. The quantitative estimate of drug-likeness (QED) is 0.326. The number of hydrogen-bond donors (Lipinski definition) is 3. The third-order valence-corrected chi connectivity index (χ3v) is 1.64. The number of likely N-dealkylation sites (N-methyl/N-ethyl adjacent to an activating group) is 2. The Morgan fingerprint density at radius 1 is 1.40 bits per heavy atom. The topological polar surface area (TPSA) is 36.1 Å². The summed E-state index contributed by atoms with van der Waals surface area (Å²) in [6.07, 6.45) is 2.35. The molecule has 0 bridgehead atoms. The Balaban J connectivity index is 3.25. The molecule has 0 amide bonds. The first-order chi connectivity index (χ1) is 4.85. The molecule has 0 rings (SSSR count). The molecule has 0 unspecified atom stereocenters. The number of hydrogen-bond acceptors (Lipinski definition) is 3. The molecule has 4 heteroatoms. The highest BCUT2D eigenvalue weighted by atomic mass is 28.1. The summed E-state index contributed by atoms with van der Waals surface area (Å²) in [5, 5.41) is 9.40. The lowest BCUT2D eigenvalue weighted by Gasteiger charge is -2.14. The highest BCUT2D eigenvalue weighted by Crippen LogP contribution is 1.70. The molecule has 0 heterocycles. The molecule has 60 valence electrons. The van der Waals surface area contributed by atoms with E-state index < -0.39 is 0 Å². The minimum atomic E-state index is 0.359. The van der Waals surface area contributed by atoms with Gasteiger partial charge in [0, 0.05) is 16.8 Å². The molecule has 0 aromatic heterocycles. The van der Waals surface area contributed by atoms with Crippen LogP contribution in [0.15, 0.2) is 11.9 Å². The van der Waals surface area contributed by atoms with Gasteiger partial charge in [0.15, 0.2) is 0 Å². The van der Waals surface area contributed by atoms with Crippen LogP contribution in [0.4, 0.5) is 0 Å². The highest BCUT2D eigenvalue weighted by molar-refractivity contribution is 6.16. The van der Waals surface area contributed by atoms with E-state index in [4.69, 9.17) is 0 Å². The van der Waals surface area contributed by atoms with E-state index in [-0.39, 0.29) is 0 Å². The summed E-state index contributed by atoms with van der Waals surface area (Å²) >= 11 is 0. The average Bonchev–Trinajstić information content (AvgIpc) is 1.99. The van der Waals surface area contributed by atoms with Crippen molar-refractivity contribution in [2.75, 3.05) is 20.6 Å². The van der Waals surface area contributed by atoms with Crippen molar-refractivity contribution < 1.29 is 0 Å². The van der Waals surface area contributed by atoms with Gasteiger partial charge >= 0.3 is 0 Å². The van der Waals surface area contributed by atoms with Crippen molar-refractivity contribution in [3.63, 3.8) is 0 Å². The molecule has 0 aliphatic rings. The SMILES string of the molecule is CNC(CNC=C[SiH3])NC. The molecule has 3 nitrogen and oxygen atoms in total. The van der Waals surface area contributed by atoms with Crippen molar-refractivity contribution >= 4 is 10.2 Å². The van der Waals surface area contributed by atoms with Crippen LogP contribution in [0.25, 0.3) is 0 Å². The van der Waals surface area contributed by atoms with Crippen LogP contribution in [0.5, 0.6) is 0 Å². The van der Waals surface area contributed by atoms with E-state index in [2.05, 4.69) is 21.6 Å². The largest absolute Gasteiger partial charge is 0.389 e. The van der Waals surface area contributed by atoms with E-state index in [1.807, 2.05) is 20.3 Å². The molecule has 0 saturated heterocycles. The van der Waals surface area contributed by atoms with Gasteiger partial charge in [-0.05, 0) is 20.3 Å². The van der Waals surface area contributed by atoms with Gasteiger partial charge in [0.2, 0.25) is 0 Å². The Kier molecular flexibility index (Phi) is 6.57. The predicted molar refractivity (Wildman–Crippen MR) is 49.0 cm³/mol.